The second-order valence-corrected chi connectivity index (χ2v) is 5.43. The van der Waals surface area contributed by atoms with Crippen molar-refractivity contribution < 1.29 is 0 Å². The van der Waals surface area contributed by atoms with E-state index in [2.05, 4.69) is 18.2 Å². The quantitative estimate of drug-likeness (QED) is 0.841. The first-order chi connectivity index (χ1) is 7.59. The molecule has 2 N–H and O–H groups in total. The van der Waals surface area contributed by atoms with E-state index in [4.69, 9.17) is 17.3 Å². The van der Waals surface area contributed by atoms with Crippen molar-refractivity contribution in [2.45, 2.75) is 19.9 Å². The zero-order chi connectivity index (χ0) is 11.7. The van der Waals surface area contributed by atoms with Crippen molar-refractivity contribution in [1.82, 2.24) is 0 Å². The zero-order valence-electron chi connectivity index (χ0n) is 9.33. The molecule has 84 valence electrons. The Labute approximate surface area is 105 Å². The lowest BCUT2D eigenvalue weighted by molar-refractivity contribution is 0.838. The fraction of sp³-hybridized carbons (Fsp3) is 0.231. The molecule has 0 saturated heterocycles. The van der Waals surface area contributed by atoms with Gasteiger partial charge in [-0.3, -0.25) is 0 Å². The van der Waals surface area contributed by atoms with Crippen molar-refractivity contribution >= 4 is 22.9 Å². The lowest BCUT2D eigenvalue weighted by Crippen LogP contribution is -2.01. The first-order valence-corrected chi connectivity index (χ1v) is 6.40. The molecule has 0 fully saturated rings. The second-order valence-electron chi connectivity index (χ2n) is 3.90. The molecular formula is C13H14ClNS. The maximum atomic E-state index is 6.11. The summed E-state index contributed by atoms with van der Waals surface area (Å²) in [6.07, 6.45) is 0. The number of hydrogen-bond donors (Lipinski definition) is 1. The van der Waals surface area contributed by atoms with E-state index < -0.39 is 0 Å². The summed E-state index contributed by atoms with van der Waals surface area (Å²) < 4.78 is 0. The van der Waals surface area contributed by atoms with Crippen LogP contribution in [0.4, 0.5) is 0 Å². The molecule has 1 unspecified atom stereocenters. The second kappa shape index (κ2) is 4.58. The molecule has 3 heteroatoms. The fourth-order valence-corrected chi connectivity index (χ4v) is 2.83. The molecule has 0 aliphatic heterocycles. The molecule has 2 rings (SSSR count). The third-order valence-corrected chi connectivity index (χ3v) is 4.34. The predicted molar refractivity (Wildman–Crippen MR) is 72.1 cm³/mol. The maximum Gasteiger partial charge on any atom is 0.0441 e. The highest BCUT2D eigenvalue weighted by Crippen LogP contribution is 2.34. The van der Waals surface area contributed by atoms with Gasteiger partial charge in [0.05, 0.1) is 0 Å². The summed E-state index contributed by atoms with van der Waals surface area (Å²) in [6.45, 7) is 4.05. The number of benzene rings is 1. The standard InChI is InChI=1S/C13H14ClNS/c1-8-10(4-3-5-11(8)14)13-7-6-12(16-13)9(2)15/h3-7,9H,15H2,1-2H3. The molecule has 0 aliphatic carbocycles. The SMILES string of the molecule is Cc1c(Cl)cccc1-c1ccc(C(C)N)s1. The monoisotopic (exact) mass is 251 g/mol. The van der Waals surface area contributed by atoms with Gasteiger partial charge in [0.15, 0.2) is 0 Å². The number of hydrogen-bond acceptors (Lipinski definition) is 2. The van der Waals surface area contributed by atoms with E-state index in [-0.39, 0.29) is 6.04 Å². The Hall–Kier alpha value is -0.830. The summed E-state index contributed by atoms with van der Waals surface area (Å²) in [6, 6.07) is 10.3. The lowest BCUT2D eigenvalue weighted by atomic mass is 10.1. The van der Waals surface area contributed by atoms with Crippen LogP contribution in [0.2, 0.25) is 5.02 Å². The van der Waals surface area contributed by atoms with Crippen molar-refractivity contribution in [2.24, 2.45) is 5.73 Å². The number of rotatable bonds is 2. The highest BCUT2D eigenvalue weighted by atomic mass is 35.5. The molecule has 1 aromatic heterocycles. The molecule has 1 atom stereocenters. The van der Waals surface area contributed by atoms with Gasteiger partial charge in [-0.25, -0.2) is 0 Å². The van der Waals surface area contributed by atoms with E-state index in [0.717, 1.165) is 10.6 Å². The molecule has 1 aromatic carbocycles. The Balaban J connectivity index is 2.47. The number of halogens is 1. The third kappa shape index (κ3) is 2.14. The Kier molecular flexibility index (Phi) is 3.33. The van der Waals surface area contributed by atoms with Gasteiger partial charge in [-0.15, -0.1) is 11.3 Å². The van der Waals surface area contributed by atoms with Gasteiger partial charge in [-0.1, -0.05) is 23.7 Å². The molecule has 16 heavy (non-hydrogen) atoms. The Morgan fingerprint density at radius 2 is 2.00 bits per heavy atom. The molecule has 0 bridgehead atoms. The summed E-state index contributed by atoms with van der Waals surface area (Å²) in [7, 11) is 0. The van der Waals surface area contributed by atoms with Crippen LogP contribution in [0.3, 0.4) is 0 Å². The zero-order valence-corrected chi connectivity index (χ0v) is 10.9. The molecule has 1 nitrogen and oxygen atoms in total. The number of thiophene rings is 1. The van der Waals surface area contributed by atoms with Crippen LogP contribution in [0.15, 0.2) is 30.3 Å². The van der Waals surface area contributed by atoms with Gasteiger partial charge < -0.3 is 5.73 Å². The topological polar surface area (TPSA) is 26.0 Å². The lowest BCUT2D eigenvalue weighted by Gasteiger charge is -2.05. The van der Waals surface area contributed by atoms with Gasteiger partial charge in [0.1, 0.15) is 0 Å². The predicted octanol–water partition coefficient (Wildman–Crippen LogP) is 4.40. The van der Waals surface area contributed by atoms with Gasteiger partial charge in [-0.05, 0) is 43.2 Å². The van der Waals surface area contributed by atoms with E-state index in [1.807, 2.05) is 26.0 Å². The van der Waals surface area contributed by atoms with Crippen LogP contribution in [0, 0.1) is 6.92 Å². The Morgan fingerprint density at radius 3 is 2.62 bits per heavy atom. The van der Waals surface area contributed by atoms with Gasteiger partial charge >= 0.3 is 0 Å². The molecule has 0 saturated carbocycles. The average Bonchev–Trinajstić information content (AvgIpc) is 2.71. The van der Waals surface area contributed by atoms with Crippen molar-refractivity contribution in [2.75, 3.05) is 0 Å². The smallest absolute Gasteiger partial charge is 0.0441 e. The number of nitrogens with two attached hydrogens (primary N) is 1. The minimum atomic E-state index is 0.0956. The molecule has 2 aromatic rings. The summed E-state index contributed by atoms with van der Waals surface area (Å²) in [4.78, 5) is 2.43. The summed E-state index contributed by atoms with van der Waals surface area (Å²) in [5.74, 6) is 0. The summed E-state index contributed by atoms with van der Waals surface area (Å²) in [5.41, 5.74) is 8.18. The van der Waals surface area contributed by atoms with Gasteiger partial charge in [0, 0.05) is 20.8 Å². The first-order valence-electron chi connectivity index (χ1n) is 5.20. The highest BCUT2D eigenvalue weighted by Gasteiger charge is 2.09. The van der Waals surface area contributed by atoms with Gasteiger partial charge in [-0.2, -0.15) is 0 Å². The van der Waals surface area contributed by atoms with Crippen molar-refractivity contribution in [3.63, 3.8) is 0 Å². The van der Waals surface area contributed by atoms with Crippen LogP contribution in [-0.4, -0.2) is 0 Å². The van der Waals surface area contributed by atoms with E-state index >= 15 is 0 Å². The average molecular weight is 252 g/mol. The van der Waals surface area contributed by atoms with E-state index in [9.17, 15) is 0 Å². The van der Waals surface area contributed by atoms with Gasteiger partial charge in [0.25, 0.3) is 0 Å². The minimum absolute atomic E-state index is 0.0956. The van der Waals surface area contributed by atoms with Crippen molar-refractivity contribution in [3.8, 4) is 10.4 Å². The van der Waals surface area contributed by atoms with Crippen LogP contribution >= 0.6 is 22.9 Å². The van der Waals surface area contributed by atoms with Crippen molar-refractivity contribution in [1.29, 1.82) is 0 Å². The van der Waals surface area contributed by atoms with Crippen LogP contribution in [-0.2, 0) is 0 Å². The molecule has 1 heterocycles. The fourth-order valence-electron chi connectivity index (χ4n) is 1.62. The molecule has 0 amide bonds. The Morgan fingerprint density at radius 1 is 1.25 bits per heavy atom. The normalized spacial score (nSPS) is 12.8. The molecule has 0 radical (unpaired) electrons. The highest BCUT2D eigenvalue weighted by molar-refractivity contribution is 7.15. The van der Waals surface area contributed by atoms with Crippen LogP contribution in [0.1, 0.15) is 23.4 Å². The van der Waals surface area contributed by atoms with Crippen LogP contribution < -0.4 is 5.73 Å². The van der Waals surface area contributed by atoms with E-state index in [1.54, 1.807) is 11.3 Å². The maximum absolute atomic E-state index is 6.11. The summed E-state index contributed by atoms with van der Waals surface area (Å²) in [5, 5.41) is 0.813. The van der Waals surface area contributed by atoms with E-state index in [1.165, 1.54) is 15.3 Å². The molecule has 0 aliphatic rings. The van der Waals surface area contributed by atoms with Crippen LogP contribution in [0.25, 0.3) is 10.4 Å². The van der Waals surface area contributed by atoms with Crippen molar-refractivity contribution in [3.05, 3.63) is 45.8 Å². The van der Waals surface area contributed by atoms with Gasteiger partial charge in [0.2, 0.25) is 0 Å². The Bertz CT molecular complexity index is 502. The molecule has 0 spiro atoms. The van der Waals surface area contributed by atoms with Crippen LogP contribution in [0.5, 0.6) is 0 Å². The first kappa shape index (κ1) is 11.6. The largest absolute Gasteiger partial charge is 0.324 e. The summed E-state index contributed by atoms with van der Waals surface area (Å²) >= 11 is 7.85. The molecular weight excluding hydrogens is 238 g/mol. The van der Waals surface area contributed by atoms with E-state index in [0.29, 0.717) is 0 Å². The third-order valence-electron chi connectivity index (χ3n) is 2.61. The minimum Gasteiger partial charge on any atom is -0.324 e.